The van der Waals surface area contributed by atoms with Gasteiger partial charge in [-0.3, -0.25) is 4.79 Å². The minimum Gasteiger partial charge on any atom is -0.392 e. The van der Waals surface area contributed by atoms with Gasteiger partial charge in [0.1, 0.15) is 0 Å². The molecular formula is C15H26N2OS2. The van der Waals surface area contributed by atoms with Crippen LogP contribution >= 0.6 is 24.0 Å². The van der Waals surface area contributed by atoms with Crippen LogP contribution in [0.5, 0.6) is 0 Å². The predicted octanol–water partition coefficient (Wildman–Crippen LogP) is 2.97. The summed E-state index contributed by atoms with van der Waals surface area (Å²) >= 11 is 6.98. The number of thioether (sulfide) groups is 1. The SMILES string of the molecule is CSC1(C(N)=S)CCN(C(=O)C2(C)CCCCC2)CC1. The zero-order valence-corrected chi connectivity index (χ0v) is 14.2. The molecule has 1 saturated heterocycles. The molecule has 0 aromatic rings. The van der Waals surface area contributed by atoms with Crippen molar-refractivity contribution in [1.29, 1.82) is 0 Å². The Hall–Kier alpha value is -0.290. The number of hydrogen-bond acceptors (Lipinski definition) is 3. The number of carbonyl (C=O) groups is 1. The zero-order chi connectivity index (χ0) is 14.8. The second-order valence-electron chi connectivity index (χ2n) is 6.48. The maximum atomic E-state index is 12.8. The van der Waals surface area contributed by atoms with Crippen molar-refractivity contribution in [2.45, 2.75) is 56.6 Å². The van der Waals surface area contributed by atoms with Crippen LogP contribution in [0.3, 0.4) is 0 Å². The van der Waals surface area contributed by atoms with E-state index in [0.29, 0.717) is 10.9 Å². The van der Waals surface area contributed by atoms with E-state index in [2.05, 4.69) is 18.1 Å². The lowest BCUT2D eigenvalue weighted by Crippen LogP contribution is -2.53. The van der Waals surface area contributed by atoms with Crippen molar-refractivity contribution in [2.75, 3.05) is 19.3 Å². The van der Waals surface area contributed by atoms with Gasteiger partial charge in [0.15, 0.2) is 0 Å². The lowest BCUT2D eigenvalue weighted by molar-refractivity contribution is -0.144. The summed E-state index contributed by atoms with van der Waals surface area (Å²) in [5.74, 6) is 0.356. The van der Waals surface area contributed by atoms with E-state index in [1.54, 1.807) is 11.8 Å². The molecule has 0 spiro atoms. The summed E-state index contributed by atoms with van der Waals surface area (Å²) in [6.45, 7) is 3.75. The van der Waals surface area contributed by atoms with E-state index in [0.717, 1.165) is 38.8 Å². The van der Waals surface area contributed by atoms with Crippen molar-refractivity contribution < 1.29 is 4.79 Å². The van der Waals surface area contributed by atoms with Crippen LogP contribution in [0.25, 0.3) is 0 Å². The molecule has 1 aliphatic carbocycles. The molecule has 2 rings (SSSR count). The minimum atomic E-state index is -0.124. The standard InChI is InChI=1S/C15H26N2OS2/c1-14(6-4-3-5-7-14)13(18)17-10-8-15(20-2,9-11-17)12(16)19/h3-11H2,1-2H3,(H2,16,19). The Balaban J connectivity index is 1.99. The monoisotopic (exact) mass is 314 g/mol. The second-order valence-corrected chi connectivity index (χ2v) is 8.11. The largest absolute Gasteiger partial charge is 0.392 e. The van der Waals surface area contributed by atoms with Gasteiger partial charge in [0.2, 0.25) is 5.91 Å². The fourth-order valence-electron chi connectivity index (χ4n) is 3.55. The van der Waals surface area contributed by atoms with E-state index >= 15 is 0 Å². The molecule has 1 aliphatic heterocycles. The first-order valence-electron chi connectivity index (χ1n) is 7.58. The number of hydrogen-bond donors (Lipinski definition) is 1. The smallest absolute Gasteiger partial charge is 0.228 e. The number of rotatable bonds is 3. The van der Waals surface area contributed by atoms with Gasteiger partial charge in [-0.1, -0.05) is 38.4 Å². The van der Waals surface area contributed by atoms with Crippen molar-refractivity contribution in [3.63, 3.8) is 0 Å². The molecule has 3 nitrogen and oxygen atoms in total. The van der Waals surface area contributed by atoms with E-state index in [-0.39, 0.29) is 10.2 Å². The first-order valence-corrected chi connectivity index (χ1v) is 9.21. The number of likely N-dealkylation sites (tertiary alicyclic amines) is 1. The van der Waals surface area contributed by atoms with Gasteiger partial charge in [0, 0.05) is 18.5 Å². The molecule has 5 heteroatoms. The Morgan fingerprint density at radius 2 is 1.70 bits per heavy atom. The van der Waals surface area contributed by atoms with Gasteiger partial charge >= 0.3 is 0 Å². The summed E-state index contributed by atoms with van der Waals surface area (Å²) in [5.41, 5.74) is 5.79. The Morgan fingerprint density at radius 1 is 1.15 bits per heavy atom. The summed E-state index contributed by atoms with van der Waals surface area (Å²) in [6, 6.07) is 0. The summed E-state index contributed by atoms with van der Waals surface area (Å²) in [5, 5.41) is 0. The van der Waals surface area contributed by atoms with E-state index in [4.69, 9.17) is 18.0 Å². The van der Waals surface area contributed by atoms with Crippen LogP contribution in [0.2, 0.25) is 0 Å². The molecule has 20 heavy (non-hydrogen) atoms. The van der Waals surface area contributed by atoms with Gasteiger partial charge in [-0.2, -0.15) is 11.8 Å². The van der Waals surface area contributed by atoms with E-state index in [1.165, 1.54) is 19.3 Å². The van der Waals surface area contributed by atoms with Crippen LogP contribution in [0.15, 0.2) is 0 Å². The van der Waals surface area contributed by atoms with E-state index in [1.807, 2.05) is 0 Å². The van der Waals surface area contributed by atoms with Crippen LogP contribution in [-0.2, 0) is 4.79 Å². The number of carbonyl (C=O) groups excluding carboxylic acids is 1. The highest BCUT2D eigenvalue weighted by molar-refractivity contribution is 8.02. The molecule has 1 amide bonds. The van der Waals surface area contributed by atoms with Crippen molar-refractivity contribution >= 4 is 34.9 Å². The highest BCUT2D eigenvalue weighted by atomic mass is 32.2. The predicted molar refractivity (Wildman–Crippen MR) is 90.0 cm³/mol. The zero-order valence-electron chi connectivity index (χ0n) is 12.6. The highest BCUT2D eigenvalue weighted by Gasteiger charge is 2.42. The number of thiocarbonyl (C=S) groups is 1. The third kappa shape index (κ3) is 2.98. The molecule has 114 valence electrons. The number of piperidine rings is 1. The Labute approximate surface area is 132 Å². The van der Waals surface area contributed by atoms with Crippen molar-refractivity contribution in [3.8, 4) is 0 Å². The van der Waals surface area contributed by atoms with Gasteiger partial charge in [-0.25, -0.2) is 0 Å². The van der Waals surface area contributed by atoms with E-state index < -0.39 is 0 Å². The summed E-state index contributed by atoms with van der Waals surface area (Å²) in [4.78, 5) is 15.5. The highest BCUT2D eigenvalue weighted by Crippen LogP contribution is 2.40. The van der Waals surface area contributed by atoms with Crippen LogP contribution in [-0.4, -0.2) is 39.9 Å². The molecule has 0 unspecified atom stereocenters. The van der Waals surface area contributed by atoms with Gasteiger partial charge in [-0.05, 0) is 31.9 Å². The quantitative estimate of drug-likeness (QED) is 0.814. The topological polar surface area (TPSA) is 46.3 Å². The molecular weight excluding hydrogens is 288 g/mol. The maximum Gasteiger partial charge on any atom is 0.228 e. The fourth-order valence-corrected chi connectivity index (χ4v) is 4.80. The number of nitrogens with two attached hydrogens (primary N) is 1. The third-order valence-corrected chi connectivity index (χ3v) is 7.10. The molecule has 0 radical (unpaired) electrons. The minimum absolute atomic E-state index is 0.0976. The first kappa shape index (κ1) is 16.1. The Kier molecular flexibility index (Phi) is 5.00. The number of amides is 1. The third-order valence-electron chi connectivity index (χ3n) is 5.17. The Morgan fingerprint density at radius 3 is 2.15 bits per heavy atom. The average Bonchev–Trinajstić information content (AvgIpc) is 2.47. The maximum absolute atomic E-state index is 12.8. The van der Waals surface area contributed by atoms with Crippen LogP contribution in [0, 0.1) is 5.41 Å². The fraction of sp³-hybridized carbons (Fsp3) is 0.867. The summed E-state index contributed by atoms with van der Waals surface area (Å²) in [6.07, 6.45) is 9.61. The van der Waals surface area contributed by atoms with Crippen LogP contribution in [0.1, 0.15) is 51.9 Å². The second kappa shape index (κ2) is 6.22. The van der Waals surface area contributed by atoms with E-state index in [9.17, 15) is 4.79 Å². The molecule has 0 aromatic carbocycles. The molecule has 0 aromatic heterocycles. The van der Waals surface area contributed by atoms with Crippen LogP contribution in [0.4, 0.5) is 0 Å². The number of nitrogens with zero attached hydrogens (tertiary/aromatic N) is 1. The summed E-state index contributed by atoms with van der Waals surface area (Å²) < 4.78 is -0.0976. The lowest BCUT2D eigenvalue weighted by atomic mass is 9.74. The first-order chi connectivity index (χ1) is 9.43. The van der Waals surface area contributed by atoms with Crippen molar-refractivity contribution in [1.82, 2.24) is 4.90 Å². The molecule has 1 heterocycles. The van der Waals surface area contributed by atoms with Crippen molar-refractivity contribution in [2.24, 2.45) is 11.1 Å². The normalized spacial score (nSPS) is 25.2. The molecule has 2 fully saturated rings. The van der Waals surface area contributed by atoms with Gasteiger partial charge in [-0.15, -0.1) is 0 Å². The van der Waals surface area contributed by atoms with Gasteiger partial charge in [0.25, 0.3) is 0 Å². The van der Waals surface area contributed by atoms with Gasteiger partial charge in [0.05, 0.1) is 9.74 Å². The Bertz CT molecular complexity index is 383. The van der Waals surface area contributed by atoms with Crippen molar-refractivity contribution in [3.05, 3.63) is 0 Å². The molecule has 0 bridgehead atoms. The molecule has 2 aliphatic rings. The molecule has 1 saturated carbocycles. The summed E-state index contributed by atoms with van der Waals surface area (Å²) in [7, 11) is 0. The molecule has 0 atom stereocenters. The average molecular weight is 315 g/mol. The van der Waals surface area contributed by atoms with Gasteiger partial charge < -0.3 is 10.6 Å². The lowest BCUT2D eigenvalue weighted by Gasteiger charge is -2.44. The van der Waals surface area contributed by atoms with Crippen LogP contribution < -0.4 is 5.73 Å². The molecule has 2 N–H and O–H groups in total.